The zero-order chi connectivity index (χ0) is 20.7. The van der Waals surface area contributed by atoms with E-state index in [1.54, 1.807) is 6.07 Å². The highest BCUT2D eigenvalue weighted by Gasteiger charge is 2.30. The number of hydrogen-bond donors (Lipinski definition) is 1. The highest BCUT2D eigenvalue weighted by atomic mass is 35.5. The standard InChI is InChI=1S/C22H18ClN3O3S/c23-17-9-16-15(8-20(28)29-19(16)10-18(17)27)12-30-22-25-24-21(14-6-7-14)26(22)11-13-4-2-1-3-5-13/h1-5,8-10,14,27H,6-7,11-12H2. The van der Waals surface area contributed by atoms with E-state index >= 15 is 0 Å². The van der Waals surface area contributed by atoms with Gasteiger partial charge >= 0.3 is 5.63 Å². The average Bonchev–Trinajstić information content (AvgIpc) is 3.50. The van der Waals surface area contributed by atoms with Crippen LogP contribution < -0.4 is 5.63 Å². The first-order valence-corrected chi connectivity index (χ1v) is 11.0. The summed E-state index contributed by atoms with van der Waals surface area (Å²) in [6, 6.07) is 14.7. The van der Waals surface area contributed by atoms with E-state index in [1.807, 2.05) is 18.2 Å². The number of halogens is 1. The molecule has 0 aliphatic heterocycles. The van der Waals surface area contributed by atoms with Crippen LogP contribution in [0.1, 0.15) is 35.7 Å². The lowest BCUT2D eigenvalue weighted by Gasteiger charge is -2.11. The predicted octanol–water partition coefficient (Wildman–Crippen LogP) is 4.96. The Balaban J connectivity index is 1.47. The first-order chi connectivity index (χ1) is 14.6. The predicted molar refractivity (Wildman–Crippen MR) is 116 cm³/mol. The van der Waals surface area contributed by atoms with Crippen molar-refractivity contribution in [2.24, 2.45) is 0 Å². The Morgan fingerprint density at radius 1 is 1.17 bits per heavy atom. The highest BCUT2D eigenvalue weighted by Crippen LogP contribution is 2.40. The fraction of sp³-hybridized carbons (Fsp3) is 0.227. The third kappa shape index (κ3) is 3.82. The van der Waals surface area contributed by atoms with Crippen LogP contribution in [0.15, 0.2) is 62.9 Å². The number of benzene rings is 2. The average molecular weight is 440 g/mol. The molecule has 6 nitrogen and oxygen atoms in total. The topological polar surface area (TPSA) is 81.2 Å². The van der Waals surface area contributed by atoms with Gasteiger partial charge in [-0.15, -0.1) is 10.2 Å². The summed E-state index contributed by atoms with van der Waals surface area (Å²) in [4.78, 5) is 12.0. The van der Waals surface area contributed by atoms with Crippen LogP contribution in [-0.4, -0.2) is 19.9 Å². The van der Waals surface area contributed by atoms with Crippen molar-refractivity contribution < 1.29 is 9.52 Å². The van der Waals surface area contributed by atoms with Gasteiger partial charge in [0.25, 0.3) is 0 Å². The van der Waals surface area contributed by atoms with Gasteiger partial charge in [0.1, 0.15) is 17.2 Å². The number of aromatic hydroxyl groups is 1. The zero-order valence-corrected chi connectivity index (χ0v) is 17.5. The molecule has 2 aromatic heterocycles. The first-order valence-electron chi connectivity index (χ1n) is 9.63. The summed E-state index contributed by atoms with van der Waals surface area (Å²) in [5, 5.41) is 20.4. The van der Waals surface area contributed by atoms with E-state index in [0.717, 1.165) is 29.4 Å². The SMILES string of the molecule is O=c1cc(CSc2nnc(C3CC3)n2Cc2ccccc2)c2cc(Cl)c(O)cc2o1. The molecule has 0 amide bonds. The molecule has 5 rings (SSSR count). The molecule has 1 saturated carbocycles. The molecule has 0 radical (unpaired) electrons. The van der Waals surface area contributed by atoms with Crippen molar-refractivity contribution >= 4 is 34.3 Å². The maximum Gasteiger partial charge on any atom is 0.336 e. The van der Waals surface area contributed by atoms with E-state index in [4.69, 9.17) is 16.0 Å². The number of nitrogens with zero attached hydrogens (tertiary/aromatic N) is 3. The maximum atomic E-state index is 12.0. The molecule has 152 valence electrons. The Bertz CT molecular complexity index is 1280. The van der Waals surface area contributed by atoms with Crippen molar-refractivity contribution in [3.05, 3.63) is 80.9 Å². The Morgan fingerprint density at radius 3 is 2.73 bits per heavy atom. The third-order valence-electron chi connectivity index (χ3n) is 5.13. The normalized spacial score (nSPS) is 13.8. The van der Waals surface area contributed by atoms with Crippen molar-refractivity contribution in [3.8, 4) is 5.75 Å². The second-order valence-corrected chi connectivity index (χ2v) is 8.72. The molecule has 1 N–H and O–H groups in total. The van der Waals surface area contributed by atoms with Gasteiger partial charge in [-0.2, -0.15) is 0 Å². The Kier molecular flexibility index (Phi) is 5.00. The van der Waals surface area contributed by atoms with Gasteiger partial charge in [0.2, 0.25) is 0 Å². The van der Waals surface area contributed by atoms with Gasteiger partial charge in [0.05, 0.1) is 11.6 Å². The summed E-state index contributed by atoms with van der Waals surface area (Å²) >= 11 is 7.60. The van der Waals surface area contributed by atoms with Crippen molar-refractivity contribution in [1.29, 1.82) is 0 Å². The van der Waals surface area contributed by atoms with E-state index in [9.17, 15) is 9.90 Å². The molecule has 0 spiro atoms. The second kappa shape index (κ2) is 7.81. The molecule has 0 atom stereocenters. The number of aromatic nitrogens is 3. The van der Waals surface area contributed by atoms with Gasteiger partial charge in [-0.3, -0.25) is 0 Å². The van der Waals surface area contributed by atoms with E-state index < -0.39 is 5.63 Å². The Labute approximate surface area is 181 Å². The fourth-order valence-corrected chi connectivity index (χ4v) is 4.56. The molecule has 1 aliphatic rings. The molecule has 8 heteroatoms. The minimum atomic E-state index is -0.468. The molecule has 2 aromatic carbocycles. The van der Waals surface area contributed by atoms with Crippen LogP contribution in [0, 0.1) is 0 Å². The van der Waals surface area contributed by atoms with Crippen LogP contribution in [0.5, 0.6) is 5.75 Å². The summed E-state index contributed by atoms with van der Waals surface area (Å²) in [5.74, 6) is 1.88. The number of phenols is 1. The maximum absolute atomic E-state index is 12.0. The lowest BCUT2D eigenvalue weighted by molar-refractivity contribution is 0.473. The summed E-state index contributed by atoms with van der Waals surface area (Å²) in [7, 11) is 0. The lowest BCUT2D eigenvalue weighted by Crippen LogP contribution is -2.06. The molecule has 0 saturated heterocycles. The van der Waals surface area contributed by atoms with E-state index in [0.29, 0.717) is 29.2 Å². The summed E-state index contributed by atoms with van der Waals surface area (Å²) in [6.45, 7) is 0.708. The molecule has 1 aliphatic carbocycles. The van der Waals surface area contributed by atoms with E-state index in [2.05, 4.69) is 26.9 Å². The number of thioether (sulfide) groups is 1. The number of hydrogen-bond acceptors (Lipinski definition) is 6. The molecular weight excluding hydrogens is 422 g/mol. The minimum absolute atomic E-state index is 0.117. The van der Waals surface area contributed by atoms with Gasteiger partial charge in [0, 0.05) is 29.2 Å². The first kappa shape index (κ1) is 19.2. The molecule has 0 unspecified atom stereocenters. The zero-order valence-electron chi connectivity index (χ0n) is 15.9. The number of fused-ring (bicyclic) bond motifs is 1. The smallest absolute Gasteiger partial charge is 0.336 e. The second-order valence-electron chi connectivity index (χ2n) is 7.37. The monoisotopic (exact) mass is 439 g/mol. The summed E-state index contributed by atoms with van der Waals surface area (Å²) < 4.78 is 7.39. The summed E-state index contributed by atoms with van der Waals surface area (Å²) in [6.07, 6.45) is 2.29. The van der Waals surface area contributed by atoms with E-state index in [-0.39, 0.29) is 10.8 Å². The van der Waals surface area contributed by atoms with Gasteiger partial charge in [-0.25, -0.2) is 4.79 Å². The molecule has 4 aromatic rings. The van der Waals surface area contributed by atoms with Gasteiger partial charge < -0.3 is 14.1 Å². The quantitative estimate of drug-likeness (QED) is 0.337. The third-order valence-corrected chi connectivity index (χ3v) is 6.44. The van der Waals surface area contributed by atoms with Crippen molar-refractivity contribution in [3.63, 3.8) is 0 Å². The van der Waals surface area contributed by atoms with Crippen LogP contribution in [0.3, 0.4) is 0 Å². The van der Waals surface area contributed by atoms with Gasteiger partial charge in [-0.1, -0.05) is 53.7 Å². The largest absolute Gasteiger partial charge is 0.506 e. The molecule has 2 heterocycles. The molecule has 0 bridgehead atoms. The van der Waals surface area contributed by atoms with Crippen molar-refractivity contribution in [2.45, 2.75) is 36.2 Å². The molecule has 1 fully saturated rings. The lowest BCUT2D eigenvalue weighted by atomic mass is 10.1. The van der Waals surface area contributed by atoms with Gasteiger partial charge in [0.15, 0.2) is 5.16 Å². The van der Waals surface area contributed by atoms with Crippen LogP contribution >= 0.6 is 23.4 Å². The van der Waals surface area contributed by atoms with Crippen molar-refractivity contribution in [2.75, 3.05) is 0 Å². The Morgan fingerprint density at radius 2 is 1.97 bits per heavy atom. The van der Waals surface area contributed by atoms with Crippen LogP contribution in [0.2, 0.25) is 5.02 Å². The van der Waals surface area contributed by atoms with Crippen LogP contribution in [0.25, 0.3) is 11.0 Å². The number of phenolic OH excluding ortho intramolecular Hbond substituents is 1. The van der Waals surface area contributed by atoms with Crippen LogP contribution in [0.4, 0.5) is 0 Å². The van der Waals surface area contributed by atoms with E-state index in [1.165, 1.54) is 29.5 Å². The minimum Gasteiger partial charge on any atom is -0.506 e. The molecule has 30 heavy (non-hydrogen) atoms. The van der Waals surface area contributed by atoms with Crippen molar-refractivity contribution in [1.82, 2.24) is 14.8 Å². The summed E-state index contributed by atoms with van der Waals surface area (Å²) in [5.41, 5.74) is 1.80. The van der Waals surface area contributed by atoms with Gasteiger partial charge in [-0.05, 0) is 30.0 Å². The number of rotatable bonds is 6. The fourth-order valence-electron chi connectivity index (χ4n) is 3.46. The van der Waals surface area contributed by atoms with Crippen LogP contribution in [-0.2, 0) is 12.3 Å². The molecular formula is C22H18ClN3O3S. The highest BCUT2D eigenvalue weighted by molar-refractivity contribution is 7.98. The Hall–Kier alpha value is -2.77.